The molecular weight excluding hydrogens is 394 g/mol. The van der Waals surface area contributed by atoms with Crippen LogP contribution >= 0.6 is 0 Å². The van der Waals surface area contributed by atoms with Gasteiger partial charge in [-0.05, 0) is 6.42 Å². The van der Waals surface area contributed by atoms with E-state index in [1.165, 1.54) is 7.11 Å². The van der Waals surface area contributed by atoms with E-state index in [0.29, 0.717) is 24.6 Å². The zero-order valence-corrected chi connectivity index (χ0v) is 16.1. The van der Waals surface area contributed by atoms with E-state index >= 15 is 0 Å². The van der Waals surface area contributed by atoms with Gasteiger partial charge in [0.2, 0.25) is 0 Å². The van der Waals surface area contributed by atoms with E-state index in [1.54, 1.807) is 4.90 Å². The summed E-state index contributed by atoms with van der Waals surface area (Å²) in [5.74, 6) is -0.764. The average Bonchev–Trinajstić information content (AvgIpc) is 2.96. The second-order valence-electron chi connectivity index (χ2n) is 7.57. The van der Waals surface area contributed by atoms with E-state index < -0.39 is 40.6 Å². The highest BCUT2D eigenvalue weighted by molar-refractivity contribution is 7.86. The lowest BCUT2D eigenvalue weighted by Gasteiger charge is -2.55. The summed E-state index contributed by atoms with van der Waals surface area (Å²) in [7, 11) is 0.459. The van der Waals surface area contributed by atoms with E-state index in [9.17, 15) is 22.6 Å². The summed E-state index contributed by atoms with van der Waals surface area (Å²) in [4.78, 5) is 26.1. The Labute approximate surface area is 163 Å². The van der Waals surface area contributed by atoms with E-state index in [4.69, 9.17) is 4.74 Å². The summed E-state index contributed by atoms with van der Waals surface area (Å²) in [6.07, 6.45) is -0.894. The topological polar surface area (TPSA) is 76.2 Å². The van der Waals surface area contributed by atoms with Crippen molar-refractivity contribution in [1.29, 1.82) is 0 Å². The molecular formula is C18H20F2N2O5S. The fourth-order valence-corrected chi connectivity index (χ4v) is 5.67. The Morgan fingerprint density at radius 2 is 1.96 bits per heavy atom. The molecule has 0 N–H and O–H groups in total. The number of methoxy groups -OCH3 is 1. The number of carbonyl (C=O) groups is 2. The number of benzene rings is 1. The van der Waals surface area contributed by atoms with Gasteiger partial charge in [0.05, 0.1) is 19.3 Å². The minimum atomic E-state index is -0.812. The number of halogens is 2. The fourth-order valence-electron chi connectivity index (χ4n) is 4.02. The minimum absolute atomic E-state index is 0.0734. The van der Waals surface area contributed by atoms with Gasteiger partial charge in [-0.2, -0.15) is 0 Å². The molecule has 1 amide bonds. The van der Waals surface area contributed by atoms with Crippen LogP contribution in [-0.4, -0.2) is 60.6 Å². The Morgan fingerprint density at radius 1 is 1.32 bits per heavy atom. The molecule has 7 nitrogen and oxygen atoms in total. The molecule has 3 heterocycles. The molecule has 1 aromatic carbocycles. The van der Waals surface area contributed by atoms with Gasteiger partial charge in [-0.25, -0.2) is 13.6 Å². The summed E-state index contributed by atoms with van der Waals surface area (Å²) >= 11 is 0. The molecule has 152 valence electrons. The van der Waals surface area contributed by atoms with Gasteiger partial charge in [-0.3, -0.25) is 13.9 Å². The van der Waals surface area contributed by atoms with E-state index in [0.717, 1.165) is 17.0 Å². The first-order valence-electron chi connectivity index (χ1n) is 8.94. The van der Waals surface area contributed by atoms with Crippen molar-refractivity contribution in [3.05, 3.63) is 23.8 Å². The average molecular weight is 414 g/mol. The first-order chi connectivity index (χ1) is 13.3. The summed E-state index contributed by atoms with van der Waals surface area (Å²) in [6.45, 7) is 1.06. The molecule has 0 aromatic heterocycles. The molecule has 3 aliphatic heterocycles. The second-order valence-corrected chi connectivity index (χ2v) is 9.03. The van der Waals surface area contributed by atoms with E-state index in [-0.39, 0.29) is 36.2 Å². The minimum Gasteiger partial charge on any atom is -0.469 e. The van der Waals surface area contributed by atoms with E-state index in [2.05, 4.69) is 4.74 Å². The monoisotopic (exact) mass is 414 g/mol. The van der Waals surface area contributed by atoms with Crippen LogP contribution in [0.1, 0.15) is 12.8 Å². The van der Waals surface area contributed by atoms with Gasteiger partial charge >= 0.3 is 12.1 Å². The third-order valence-corrected chi connectivity index (χ3v) is 7.26. The number of carbonyl (C=O) groups excluding carboxylic acids is 2. The fraction of sp³-hybridized carbons (Fsp3) is 0.556. The number of hydrogen-bond acceptors (Lipinski definition) is 6. The van der Waals surface area contributed by atoms with Crippen LogP contribution in [0, 0.1) is 17.0 Å². The molecule has 1 spiro atoms. The van der Waals surface area contributed by atoms with Crippen molar-refractivity contribution in [2.75, 3.05) is 48.0 Å². The maximum absolute atomic E-state index is 14.6. The largest absolute Gasteiger partial charge is 0.469 e. The van der Waals surface area contributed by atoms with Gasteiger partial charge < -0.3 is 14.4 Å². The predicted octanol–water partition coefficient (Wildman–Crippen LogP) is 1.81. The quantitative estimate of drug-likeness (QED) is 0.684. The number of esters is 1. The lowest BCUT2D eigenvalue weighted by Crippen LogP contribution is -2.67. The number of anilines is 2. The van der Waals surface area contributed by atoms with Gasteiger partial charge in [0.1, 0.15) is 11.8 Å². The van der Waals surface area contributed by atoms with Crippen molar-refractivity contribution in [2.24, 2.45) is 5.41 Å². The Morgan fingerprint density at radius 3 is 2.54 bits per heavy atom. The second kappa shape index (κ2) is 6.98. The molecule has 4 rings (SSSR count). The molecule has 28 heavy (non-hydrogen) atoms. The Kier molecular flexibility index (Phi) is 4.76. The Hall–Kier alpha value is -2.23. The summed E-state index contributed by atoms with van der Waals surface area (Å²) in [5.41, 5.74) is -0.125. The number of amides is 1. The number of nitrogens with zero attached hydrogens (tertiary/aromatic N) is 2. The van der Waals surface area contributed by atoms with Crippen molar-refractivity contribution in [1.82, 2.24) is 0 Å². The van der Waals surface area contributed by atoms with Crippen LogP contribution in [0.2, 0.25) is 0 Å². The third kappa shape index (κ3) is 3.34. The molecule has 0 unspecified atom stereocenters. The number of cyclic esters (lactones) is 1. The maximum atomic E-state index is 14.6. The highest BCUT2D eigenvalue weighted by atomic mass is 32.2. The number of rotatable bonds is 5. The van der Waals surface area contributed by atoms with Crippen molar-refractivity contribution in [3.63, 3.8) is 0 Å². The van der Waals surface area contributed by atoms with Crippen molar-refractivity contribution >= 4 is 34.2 Å². The molecule has 0 saturated carbocycles. The summed E-state index contributed by atoms with van der Waals surface area (Å²) in [5, 5.41) is 0. The summed E-state index contributed by atoms with van der Waals surface area (Å²) in [6, 6.07) is 2.23. The van der Waals surface area contributed by atoms with Crippen molar-refractivity contribution < 1.29 is 32.1 Å². The lowest BCUT2D eigenvalue weighted by atomic mass is 9.82. The lowest BCUT2D eigenvalue weighted by molar-refractivity contribution is -0.141. The predicted molar refractivity (Wildman–Crippen MR) is 97.7 cm³/mol. The molecule has 1 aromatic rings. The van der Waals surface area contributed by atoms with Crippen LogP contribution < -0.4 is 9.80 Å². The van der Waals surface area contributed by atoms with Crippen LogP contribution in [0.5, 0.6) is 0 Å². The van der Waals surface area contributed by atoms with E-state index in [1.807, 2.05) is 0 Å². The van der Waals surface area contributed by atoms with Crippen LogP contribution in [0.15, 0.2) is 12.1 Å². The molecule has 3 aliphatic rings. The van der Waals surface area contributed by atoms with Crippen LogP contribution in [-0.2, 0) is 25.1 Å². The van der Waals surface area contributed by atoms with Crippen molar-refractivity contribution in [2.45, 2.75) is 18.9 Å². The smallest absolute Gasteiger partial charge is 0.414 e. The van der Waals surface area contributed by atoms with Gasteiger partial charge in [0.25, 0.3) is 0 Å². The van der Waals surface area contributed by atoms with Gasteiger partial charge in [-0.1, -0.05) is 0 Å². The van der Waals surface area contributed by atoms with Crippen LogP contribution in [0.4, 0.5) is 25.0 Å². The zero-order valence-electron chi connectivity index (χ0n) is 15.3. The molecule has 0 radical (unpaired) electrons. The molecule has 1 atom stereocenters. The van der Waals surface area contributed by atoms with Crippen LogP contribution in [0.25, 0.3) is 0 Å². The highest BCUT2D eigenvalue weighted by Gasteiger charge is 2.52. The zero-order chi connectivity index (χ0) is 20.1. The molecule has 0 aliphatic carbocycles. The van der Waals surface area contributed by atoms with Gasteiger partial charge in [0, 0.05) is 59.4 Å². The van der Waals surface area contributed by atoms with Crippen molar-refractivity contribution in [3.8, 4) is 0 Å². The Balaban J connectivity index is 1.44. The standard InChI is InChI=1S/C18H20F2N2O5S/c1-26-15(23)3-2-12-6-22(17(24)27-12)11-4-13(19)16(14(20)5-11)21-7-18(8-21)9-28(25)10-18/h4-5,12H,2-3,6-10H2,1H3/t12-/m0/s1. The molecule has 0 bridgehead atoms. The molecule has 3 saturated heterocycles. The Bertz CT molecular complexity index is 825. The van der Waals surface area contributed by atoms with Gasteiger partial charge in [-0.15, -0.1) is 0 Å². The third-order valence-electron chi connectivity index (χ3n) is 5.39. The first-order valence-corrected chi connectivity index (χ1v) is 10.4. The summed E-state index contributed by atoms with van der Waals surface area (Å²) < 4.78 is 50.3. The molecule has 3 fully saturated rings. The maximum Gasteiger partial charge on any atom is 0.414 e. The highest BCUT2D eigenvalue weighted by Crippen LogP contribution is 2.44. The van der Waals surface area contributed by atoms with Crippen LogP contribution in [0.3, 0.4) is 0 Å². The number of hydrogen-bond donors (Lipinski definition) is 0. The normalized spacial score (nSPS) is 23.4. The van der Waals surface area contributed by atoms with Gasteiger partial charge in [0.15, 0.2) is 11.6 Å². The number of ether oxygens (including phenoxy) is 2. The molecule has 10 heteroatoms. The SMILES string of the molecule is COC(=O)CC[C@H]1CN(c2cc(F)c(N3CC4(C3)CS(=O)C4)c(F)c2)C(=O)O1. The first kappa shape index (κ1) is 19.1.